The summed E-state index contributed by atoms with van der Waals surface area (Å²) in [6, 6.07) is 0. The summed E-state index contributed by atoms with van der Waals surface area (Å²) in [5, 5.41) is 0. The molecule has 0 atom stereocenters. The molecule has 0 unspecified atom stereocenters. The van der Waals surface area contributed by atoms with Crippen molar-refractivity contribution in [2.24, 2.45) is 0 Å². The first-order chi connectivity index (χ1) is 3.15. The van der Waals surface area contributed by atoms with Crippen molar-refractivity contribution in [3.8, 4) is 0 Å². The quantitative estimate of drug-likeness (QED) is 0.251. The van der Waals surface area contributed by atoms with Gasteiger partial charge in [0.1, 0.15) is 0 Å². The van der Waals surface area contributed by atoms with Gasteiger partial charge in [0, 0.05) is 4.31 Å². The average Bonchev–Trinajstić information content (AvgIpc) is 1.33. The van der Waals surface area contributed by atoms with Gasteiger partial charge >= 0.3 is 154 Å². The molecule has 2 N–H and O–H groups in total. The van der Waals surface area contributed by atoms with Crippen molar-refractivity contribution in [1.82, 2.24) is 0 Å². The molecule has 0 rings (SSSR count). The van der Waals surface area contributed by atoms with Crippen molar-refractivity contribution >= 4 is 57.8 Å². The molecule has 0 saturated carbocycles. The van der Waals surface area contributed by atoms with Gasteiger partial charge in [-0.2, -0.15) is 4.20 Å². The van der Waals surface area contributed by atoms with Crippen LogP contribution in [0.1, 0.15) is 6.92 Å². The Morgan fingerprint density at radius 3 is 1.08 bits per heavy atom. The van der Waals surface area contributed by atoms with Crippen LogP contribution in [0.5, 0.6) is 0 Å². The number of hydrogen-bond acceptors (Lipinski definition) is 6. The molecule has 56 valence electrons. The molecular weight excluding hydrogens is 314 g/mol. The van der Waals surface area contributed by atoms with Crippen LogP contribution in [0.3, 0.4) is 0 Å². The van der Waals surface area contributed by atoms with E-state index in [0.29, 0.717) is 4.20 Å². The fraction of sp³-hybridized carbons (Fsp3) is 0.333. The van der Waals surface area contributed by atoms with Crippen LogP contribution in [0.15, 0.2) is 0 Å². The Morgan fingerprint density at radius 2 is 1.08 bits per heavy atom. The van der Waals surface area contributed by atoms with Crippen LogP contribution >= 0.6 is 36.7 Å². The molecule has 9 heteroatoms. The predicted molar refractivity (Wildman–Crippen MR) is 49.7 cm³/mol. The minimum atomic E-state index is 0. The van der Waals surface area contributed by atoms with Crippen LogP contribution in [0.2, 0.25) is 0 Å². The summed E-state index contributed by atoms with van der Waals surface area (Å²) in [6.07, 6.45) is 0. The molecule has 0 amide bonds. The van der Waals surface area contributed by atoms with Crippen molar-refractivity contribution in [2.45, 2.75) is 6.92 Å². The van der Waals surface area contributed by atoms with Crippen LogP contribution in [-0.4, -0.2) is 19.5 Å². The second kappa shape index (κ2) is 44.1. The van der Waals surface area contributed by atoms with Crippen molar-refractivity contribution in [3.63, 3.8) is 0 Å². The summed E-state index contributed by atoms with van der Waals surface area (Å²) in [5.74, 6) is 0. The van der Waals surface area contributed by atoms with Crippen molar-refractivity contribution in [3.05, 3.63) is 0 Å². The van der Waals surface area contributed by atoms with Gasteiger partial charge in [-0.15, -0.1) is 0 Å². The van der Waals surface area contributed by atoms with Gasteiger partial charge in [-0.25, -0.2) is 0 Å². The molecule has 0 aliphatic rings. The Hall–Kier alpha value is 5.36. The largest absolute Gasteiger partial charge is 1.00 e. The van der Waals surface area contributed by atoms with Crippen molar-refractivity contribution in [1.29, 1.82) is 0 Å². The number of hydrogen-bond donors (Lipinski definition) is 0. The van der Waals surface area contributed by atoms with E-state index in [9.17, 15) is 0 Å². The molecular formula is C3H5K3O2S4. The predicted octanol–water partition coefficient (Wildman–Crippen LogP) is -7.44. The van der Waals surface area contributed by atoms with Gasteiger partial charge in [-0.1, -0.05) is 6.92 Å². The van der Waals surface area contributed by atoms with Crippen LogP contribution in [0, 0.1) is 0 Å². The standard InChI is InChI=1S/C2H4S2.CS2.3K.2H2O/c1-2(3)4;2-1-3;;;;;/h1H3,(H,3,4);;;;;2*1H2/q;;3*+1;;/p-3. The Bertz CT molecular complexity index is 91.5. The van der Waals surface area contributed by atoms with Gasteiger partial charge in [-0.05, 0) is 24.4 Å². The van der Waals surface area contributed by atoms with E-state index in [-0.39, 0.29) is 165 Å². The normalized spacial score (nSPS) is 2.75. The zero-order chi connectivity index (χ0) is 6.28. The van der Waals surface area contributed by atoms with E-state index >= 15 is 0 Å². The average molecular weight is 319 g/mol. The molecule has 2 nitrogen and oxygen atoms in total. The fourth-order valence-corrected chi connectivity index (χ4v) is 0. The van der Waals surface area contributed by atoms with E-state index in [1.807, 2.05) is 4.31 Å². The third-order valence-electron chi connectivity index (χ3n) is 0. The minimum Gasteiger partial charge on any atom is -0.870 e. The van der Waals surface area contributed by atoms with Crippen LogP contribution in [0.25, 0.3) is 0 Å². The SMILES string of the molecule is CC(=S)[S-].S=C=S.[K+].[K+].[K+].[OH-].[OH-]. The van der Waals surface area contributed by atoms with Crippen LogP contribution in [-0.2, 0) is 12.6 Å². The Balaban J connectivity index is -0.00000000597. The first-order valence-corrected chi connectivity index (χ1v) is 2.95. The fourth-order valence-electron chi connectivity index (χ4n) is 0. The number of rotatable bonds is 0. The summed E-state index contributed by atoms with van der Waals surface area (Å²) in [5.41, 5.74) is 0. The van der Waals surface area contributed by atoms with E-state index < -0.39 is 0 Å². The van der Waals surface area contributed by atoms with Gasteiger partial charge in [0.25, 0.3) is 0 Å². The third kappa shape index (κ3) is 110. The first kappa shape index (κ1) is 43.3. The molecule has 0 aliphatic carbocycles. The van der Waals surface area contributed by atoms with Gasteiger partial charge in [0.05, 0.1) is 0 Å². The molecule has 0 bridgehead atoms. The van der Waals surface area contributed by atoms with Crippen LogP contribution in [0.4, 0.5) is 0 Å². The van der Waals surface area contributed by atoms with Gasteiger partial charge in [0.15, 0.2) is 0 Å². The van der Waals surface area contributed by atoms with E-state index in [1.165, 1.54) is 0 Å². The summed E-state index contributed by atoms with van der Waals surface area (Å²) in [7, 11) is 0. The van der Waals surface area contributed by atoms with E-state index in [4.69, 9.17) is 0 Å². The van der Waals surface area contributed by atoms with E-state index in [1.54, 1.807) is 6.92 Å². The molecule has 0 saturated heterocycles. The van der Waals surface area contributed by atoms with Gasteiger partial charge < -0.3 is 35.8 Å². The maximum atomic E-state index is 4.35. The summed E-state index contributed by atoms with van der Waals surface area (Å²) in [4.78, 5) is 0. The molecule has 0 spiro atoms. The zero-order valence-corrected chi connectivity index (χ0v) is 20.2. The molecule has 0 aromatic heterocycles. The van der Waals surface area contributed by atoms with Gasteiger partial charge in [-0.3, -0.25) is 0 Å². The summed E-state index contributed by atoms with van der Waals surface area (Å²) in [6.45, 7) is 1.71. The molecule has 0 heterocycles. The number of thiocarbonyl (C=S) groups is 3. The Labute approximate surface area is 222 Å². The van der Waals surface area contributed by atoms with E-state index in [0.717, 1.165) is 0 Å². The monoisotopic (exact) mass is 318 g/mol. The molecule has 0 aromatic carbocycles. The minimum absolute atomic E-state index is 0. The van der Waals surface area contributed by atoms with Crippen LogP contribution < -0.4 is 154 Å². The molecule has 0 aromatic rings. The second-order valence-corrected chi connectivity index (χ2v) is 2.72. The first-order valence-electron chi connectivity index (χ1n) is 1.32. The van der Waals surface area contributed by atoms with E-state index in [2.05, 4.69) is 49.3 Å². The van der Waals surface area contributed by atoms with Crippen molar-refractivity contribution in [2.75, 3.05) is 0 Å². The Morgan fingerprint density at radius 1 is 1.08 bits per heavy atom. The maximum Gasteiger partial charge on any atom is 1.00 e. The smallest absolute Gasteiger partial charge is 0.870 e. The molecule has 0 fully saturated rings. The third-order valence-corrected chi connectivity index (χ3v) is 0. The molecule has 0 radical (unpaired) electrons. The van der Waals surface area contributed by atoms with Gasteiger partial charge in [0.2, 0.25) is 0 Å². The summed E-state index contributed by atoms with van der Waals surface area (Å²) < 4.78 is 2.50. The molecule has 0 aliphatic heterocycles. The maximum absolute atomic E-state index is 4.35. The second-order valence-electron chi connectivity index (χ2n) is 0.575. The van der Waals surface area contributed by atoms with Crippen molar-refractivity contribution < 1.29 is 165 Å². The topological polar surface area (TPSA) is 60.0 Å². The zero-order valence-electron chi connectivity index (χ0n) is 7.53. The summed E-state index contributed by atoms with van der Waals surface area (Å²) >= 11 is 16.6. The molecule has 12 heavy (non-hydrogen) atoms. The Kier molecular flexibility index (Phi) is 159.